The van der Waals surface area contributed by atoms with Gasteiger partial charge in [0.2, 0.25) is 0 Å². The van der Waals surface area contributed by atoms with Gasteiger partial charge in [-0.3, -0.25) is 0 Å². The van der Waals surface area contributed by atoms with Crippen molar-refractivity contribution in [3.05, 3.63) is 69.6 Å². The van der Waals surface area contributed by atoms with Crippen LogP contribution in [0.1, 0.15) is 0 Å². The third-order valence-corrected chi connectivity index (χ3v) is 5.97. The smallest absolute Gasteiger partial charge is 0.113 e. The molecule has 140 valence electrons. The quantitative estimate of drug-likeness (QED) is 0.373. The lowest BCUT2D eigenvalue weighted by atomic mass is 10.2. The zero-order chi connectivity index (χ0) is 19.3. The first kappa shape index (κ1) is 17.8. The fraction of sp³-hybridized carbons (Fsp3) is 0.143. The maximum atomic E-state index is 10.9. The second-order valence-corrected chi connectivity index (χ2v) is 8.68. The number of para-hydroxylation sites is 1. The predicted octanol–water partition coefficient (Wildman–Crippen LogP) is 5.13. The van der Waals surface area contributed by atoms with Crippen molar-refractivity contribution < 1.29 is 5.11 Å². The average Bonchev–Trinajstić information content (AvgIpc) is 3.21. The third-order valence-electron chi connectivity index (χ3n) is 4.99. The number of nitrogens with zero attached hydrogens (tertiary/aromatic N) is 4. The number of aliphatic hydroxyl groups is 1. The van der Waals surface area contributed by atoms with Crippen molar-refractivity contribution in [2.45, 2.75) is 19.2 Å². The summed E-state index contributed by atoms with van der Waals surface area (Å²) in [6, 6.07) is 20.3. The fourth-order valence-corrected chi connectivity index (χ4v) is 4.49. The van der Waals surface area contributed by atoms with Gasteiger partial charge in [-0.2, -0.15) is 0 Å². The Morgan fingerprint density at radius 1 is 0.821 bits per heavy atom. The first-order valence-corrected chi connectivity index (χ1v) is 10.5. The topological polar surface area (TPSA) is 55.9 Å². The molecule has 5 rings (SSSR count). The molecule has 0 saturated heterocycles. The minimum atomic E-state index is -0.601. The van der Waals surface area contributed by atoms with Crippen LogP contribution in [0.4, 0.5) is 0 Å². The Balaban J connectivity index is 1.55. The van der Waals surface area contributed by atoms with Gasteiger partial charge >= 0.3 is 0 Å². The Kier molecular flexibility index (Phi) is 4.45. The van der Waals surface area contributed by atoms with Crippen LogP contribution in [0.15, 0.2) is 69.6 Å². The van der Waals surface area contributed by atoms with E-state index in [2.05, 4.69) is 71.0 Å². The molecule has 5 nitrogen and oxygen atoms in total. The van der Waals surface area contributed by atoms with Crippen molar-refractivity contribution in [2.75, 3.05) is 0 Å². The van der Waals surface area contributed by atoms with Crippen molar-refractivity contribution in [3.63, 3.8) is 0 Å². The number of aliphatic hydroxyl groups excluding tert-OH is 1. The fourth-order valence-electron chi connectivity index (χ4n) is 3.77. The maximum Gasteiger partial charge on any atom is 0.113 e. The summed E-state index contributed by atoms with van der Waals surface area (Å²) >= 11 is 7.14. The number of halogens is 2. The lowest BCUT2D eigenvalue weighted by molar-refractivity contribution is 0.133. The van der Waals surface area contributed by atoms with Gasteiger partial charge < -0.3 is 9.67 Å². The van der Waals surface area contributed by atoms with Crippen LogP contribution in [0.5, 0.6) is 0 Å². The number of hydrogen-bond acceptors (Lipinski definition) is 3. The summed E-state index contributed by atoms with van der Waals surface area (Å²) in [5, 5.41) is 21.5. The summed E-state index contributed by atoms with van der Waals surface area (Å²) in [6.45, 7) is 0.853. The second kappa shape index (κ2) is 6.99. The van der Waals surface area contributed by atoms with E-state index in [1.807, 2.05) is 36.4 Å². The van der Waals surface area contributed by atoms with E-state index in [9.17, 15) is 5.11 Å². The van der Waals surface area contributed by atoms with Crippen LogP contribution in [-0.2, 0) is 13.1 Å². The zero-order valence-corrected chi connectivity index (χ0v) is 17.9. The van der Waals surface area contributed by atoms with Crippen LogP contribution in [0.25, 0.3) is 32.8 Å². The molecular weight excluding hydrogens is 484 g/mol. The number of fused-ring (bicyclic) bond motifs is 4. The molecule has 0 saturated carbocycles. The molecule has 0 bridgehead atoms. The van der Waals surface area contributed by atoms with Crippen molar-refractivity contribution in [3.8, 4) is 0 Å². The molecule has 1 N–H and O–H groups in total. The van der Waals surface area contributed by atoms with E-state index < -0.39 is 6.10 Å². The molecule has 1 atom stereocenters. The summed E-state index contributed by atoms with van der Waals surface area (Å²) in [5.41, 5.74) is 3.95. The van der Waals surface area contributed by atoms with E-state index in [0.717, 1.165) is 41.8 Å². The highest BCUT2D eigenvalue weighted by atomic mass is 79.9. The first-order valence-electron chi connectivity index (χ1n) is 8.93. The highest BCUT2D eigenvalue weighted by molar-refractivity contribution is 9.10. The highest BCUT2D eigenvalue weighted by Crippen LogP contribution is 2.33. The van der Waals surface area contributed by atoms with Crippen LogP contribution in [0, 0.1) is 0 Å². The Morgan fingerprint density at radius 2 is 1.46 bits per heavy atom. The molecule has 0 spiro atoms. The molecule has 3 aromatic carbocycles. The summed E-state index contributed by atoms with van der Waals surface area (Å²) in [7, 11) is 0. The minimum absolute atomic E-state index is 0.384. The molecule has 0 aliphatic carbocycles. The average molecular weight is 500 g/mol. The number of benzene rings is 3. The van der Waals surface area contributed by atoms with Gasteiger partial charge in [-0.05, 0) is 48.5 Å². The SMILES string of the molecule is O[C@@H](Cn1nnc2ccccc21)Cn1c2ccc(Br)cc2c2cc(Br)ccc21. The van der Waals surface area contributed by atoms with Crippen LogP contribution in [0.3, 0.4) is 0 Å². The Bertz CT molecular complexity index is 1270. The van der Waals surface area contributed by atoms with E-state index in [1.54, 1.807) is 4.68 Å². The van der Waals surface area contributed by atoms with E-state index in [-0.39, 0.29) is 0 Å². The predicted molar refractivity (Wildman–Crippen MR) is 118 cm³/mol. The Hall–Kier alpha value is -2.22. The molecule has 0 aliphatic heterocycles. The summed E-state index contributed by atoms with van der Waals surface area (Å²) in [6.07, 6.45) is -0.601. The molecule has 0 radical (unpaired) electrons. The third kappa shape index (κ3) is 3.03. The van der Waals surface area contributed by atoms with Gasteiger partial charge in [0.15, 0.2) is 0 Å². The van der Waals surface area contributed by atoms with Gasteiger partial charge in [0, 0.05) is 30.8 Å². The molecule has 7 heteroatoms. The summed E-state index contributed by atoms with van der Waals surface area (Å²) in [4.78, 5) is 0. The Labute approximate surface area is 177 Å². The highest BCUT2D eigenvalue weighted by Gasteiger charge is 2.16. The Morgan fingerprint density at radius 3 is 2.14 bits per heavy atom. The molecule has 5 aromatic rings. The molecule has 0 amide bonds. The number of aromatic nitrogens is 4. The van der Waals surface area contributed by atoms with Gasteiger partial charge in [-0.1, -0.05) is 49.2 Å². The molecular formula is C21H16Br2N4O. The van der Waals surface area contributed by atoms with Crippen molar-refractivity contribution in [1.82, 2.24) is 19.6 Å². The van der Waals surface area contributed by atoms with Crippen molar-refractivity contribution >= 4 is 64.7 Å². The normalized spacial score (nSPS) is 13.0. The largest absolute Gasteiger partial charge is 0.389 e. The van der Waals surface area contributed by atoms with Crippen LogP contribution in [-0.4, -0.2) is 30.8 Å². The van der Waals surface area contributed by atoms with Gasteiger partial charge in [0.1, 0.15) is 5.52 Å². The van der Waals surface area contributed by atoms with E-state index in [4.69, 9.17) is 0 Å². The minimum Gasteiger partial charge on any atom is -0.389 e. The molecule has 0 unspecified atom stereocenters. The van der Waals surface area contributed by atoms with Gasteiger partial charge in [-0.25, -0.2) is 4.68 Å². The summed E-state index contributed by atoms with van der Waals surface area (Å²) < 4.78 is 6.01. The molecule has 2 heterocycles. The van der Waals surface area contributed by atoms with Crippen LogP contribution in [0.2, 0.25) is 0 Å². The maximum absolute atomic E-state index is 10.9. The van der Waals surface area contributed by atoms with E-state index in [0.29, 0.717) is 13.1 Å². The molecule has 0 fully saturated rings. The van der Waals surface area contributed by atoms with Gasteiger partial charge in [0.25, 0.3) is 0 Å². The molecule has 0 aliphatic rings. The van der Waals surface area contributed by atoms with Gasteiger partial charge in [-0.15, -0.1) is 5.10 Å². The van der Waals surface area contributed by atoms with Crippen molar-refractivity contribution in [1.29, 1.82) is 0 Å². The lowest BCUT2D eigenvalue weighted by Crippen LogP contribution is -2.22. The zero-order valence-electron chi connectivity index (χ0n) is 14.8. The van der Waals surface area contributed by atoms with Crippen LogP contribution >= 0.6 is 31.9 Å². The molecule has 2 aromatic heterocycles. The second-order valence-electron chi connectivity index (χ2n) is 6.85. The first-order chi connectivity index (χ1) is 13.6. The van der Waals surface area contributed by atoms with Crippen LogP contribution < -0.4 is 0 Å². The molecule has 28 heavy (non-hydrogen) atoms. The van der Waals surface area contributed by atoms with E-state index in [1.165, 1.54) is 0 Å². The summed E-state index contributed by atoms with van der Waals surface area (Å²) in [5.74, 6) is 0. The standard InChI is InChI=1S/C21H16Br2N4O/c22-13-5-7-19-16(9-13)17-10-14(23)6-8-20(17)26(19)11-15(28)12-27-21-4-2-1-3-18(21)24-25-27/h1-10,15,28H,11-12H2/t15-/m1/s1. The van der Waals surface area contributed by atoms with E-state index >= 15 is 0 Å². The monoisotopic (exact) mass is 498 g/mol. The number of hydrogen-bond donors (Lipinski definition) is 1. The van der Waals surface area contributed by atoms with Gasteiger partial charge in [0.05, 0.1) is 24.7 Å². The van der Waals surface area contributed by atoms with Crippen molar-refractivity contribution in [2.24, 2.45) is 0 Å². The lowest BCUT2D eigenvalue weighted by Gasteiger charge is -2.14. The number of rotatable bonds is 4.